The summed E-state index contributed by atoms with van der Waals surface area (Å²) in [7, 11) is -2.41. The summed E-state index contributed by atoms with van der Waals surface area (Å²) in [6, 6.07) is 0.203. The van der Waals surface area contributed by atoms with Gasteiger partial charge in [-0.3, -0.25) is 9.59 Å². The van der Waals surface area contributed by atoms with E-state index in [4.69, 9.17) is 0 Å². The van der Waals surface area contributed by atoms with Crippen LogP contribution >= 0.6 is 11.3 Å². The fourth-order valence-electron chi connectivity index (χ4n) is 1.54. The highest BCUT2D eigenvalue weighted by molar-refractivity contribution is 7.94. The normalized spacial score (nSPS) is 14.8. The molecule has 0 saturated heterocycles. The third-order valence-electron chi connectivity index (χ3n) is 2.84. The van der Waals surface area contributed by atoms with Crippen molar-refractivity contribution in [1.82, 2.24) is 20.4 Å². The van der Waals surface area contributed by atoms with Crippen LogP contribution in [0.5, 0.6) is 0 Å². The molecule has 2 amide bonds. The van der Waals surface area contributed by atoms with Gasteiger partial charge in [0.05, 0.1) is 6.54 Å². The van der Waals surface area contributed by atoms with E-state index in [1.807, 2.05) is 0 Å². The van der Waals surface area contributed by atoms with E-state index in [1.54, 1.807) is 6.92 Å². The minimum absolute atomic E-state index is 0.153. The molecule has 116 valence electrons. The van der Waals surface area contributed by atoms with Crippen LogP contribution in [0.1, 0.15) is 17.8 Å². The van der Waals surface area contributed by atoms with Gasteiger partial charge in [-0.1, -0.05) is 11.3 Å². The molecule has 1 fully saturated rings. The number of carbonyl (C=O) groups excluding carboxylic acids is 2. The molecular weight excluding hydrogens is 316 g/mol. The summed E-state index contributed by atoms with van der Waals surface area (Å²) in [5, 5.41) is 10.4. The number of aryl methyl sites for hydroxylation is 1. The van der Waals surface area contributed by atoms with Crippen molar-refractivity contribution in [2.75, 3.05) is 19.3 Å². The molecule has 0 unspecified atom stereocenters. The maximum atomic E-state index is 12.0. The van der Waals surface area contributed by atoms with Gasteiger partial charge in [0, 0.05) is 13.1 Å². The first-order valence-corrected chi connectivity index (χ1v) is 8.81. The van der Waals surface area contributed by atoms with Crippen molar-refractivity contribution >= 4 is 33.0 Å². The number of hydrogen-bond acceptors (Lipinski definition) is 7. The number of nitrogens with zero attached hydrogens (tertiary/aromatic N) is 3. The molecule has 0 spiro atoms. The van der Waals surface area contributed by atoms with Crippen LogP contribution in [-0.2, 0) is 19.4 Å². The second-order valence-corrected chi connectivity index (χ2v) is 8.28. The van der Waals surface area contributed by atoms with E-state index in [2.05, 4.69) is 15.5 Å². The van der Waals surface area contributed by atoms with Crippen LogP contribution in [0.4, 0.5) is 0 Å². The number of aromatic nitrogens is 2. The van der Waals surface area contributed by atoms with Gasteiger partial charge in [-0.2, -0.15) is 0 Å². The van der Waals surface area contributed by atoms with E-state index in [9.17, 15) is 18.0 Å². The minimum Gasteiger partial charge on any atom is -0.352 e. The van der Waals surface area contributed by atoms with Gasteiger partial charge in [0.1, 0.15) is 10.8 Å². The number of nitrogens with one attached hydrogen (secondary N) is 1. The molecule has 1 aromatic rings. The Labute approximate surface area is 126 Å². The lowest BCUT2D eigenvalue weighted by Gasteiger charge is -2.16. The lowest BCUT2D eigenvalue weighted by Crippen LogP contribution is -2.41. The molecule has 1 aromatic heterocycles. The maximum absolute atomic E-state index is 12.0. The summed E-state index contributed by atoms with van der Waals surface area (Å²) in [6.45, 7) is 1.48. The van der Waals surface area contributed by atoms with Crippen LogP contribution in [0.25, 0.3) is 0 Å². The highest BCUT2D eigenvalue weighted by Gasteiger charge is 2.27. The summed E-state index contributed by atoms with van der Waals surface area (Å²) in [5.74, 6) is -1.64. The van der Waals surface area contributed by atoms with Crippen LogP contribution in [-0.4, -0.2) is 60.7 Å². The lowest BCUT2D eigenvalue weighted by atomic mass is 10.5. The Hall–Kier alpha value is -1.55. The molecule has 0 aromatic carbocycles. The molecule has 0 aliphatic heterocycles. The third-order valence-corrected chi connectivity index (χ3v) is 5.72. The number of rotatable bonds is 6. The first kappa shape index (κ1) is 15.8. The average Bonchev–Trinajstić information content (AvgIpc) is 3.06. The molecule has 1 N–H and O–H groups in total. The first-order chi connectivity index (χ1) is 9.78. The maximum Gasteiger partial charge on any atom is 0.239 e. The molecular formula is C11H16N4O4S2. The smallest absolute Gasteiger partial charge is 0.239 e. The zero-order valence-electron chi connectivity index (χ0n) is 11.7. The molecule has 0 atom stereocenters. The SMILES string of the molecule is Cc1nnc(S(=O)(=O)CC(=O)N(C)CC(=O)NC2CC2)s1. The molecule has 0 radical (unpaired) electrons. The van der Waals surface area contributed by atoms with E-state index in [-0.39, 0.29) is 22.8 Å². The van der Waals surface area contributed by atoms with Crippen molar-refractivity contribution in [3.8, 4) is 0 Å². The van der Waals surface area contributed by atoms with Crippen LogP contribution in [0.2, 0.25) is 0 Å². The average molecular weight is 332 g/mol. The highest BCUT2D eigenvalue weighted by atomic mass is 32.2. The Morgan fingerprint density at radius 1 is 1.38 bits per heavy atom. The Morgan fingerprint density at radius 3 is 2.57 bits per heavy atom. The Balaban J connectivity index is 1.91. The number of hydrogen-bond donors (Lipinski definition) is 1. The van der Waals surface area contributed by atoms with E-state index >= 15 is 0 Å². The number of likely N-dealkylation sites (N-methyl/N-ethyl adjacent to an activating group) is 1. The molecule has 1 heterocycles. The topological polar surface area (TPSA) is 109 Å². The molecule has 0 bridgehead atoms. The van der Waals surface area contributed by atoms with Crippen LogP contribution < -0.4 is 5.32 Å². The van der Waals surface area contributed by atoms with E-state index < -0.39 is 21.5 Å². The zero-order chi connectivity index (χ0) is 15.6. The van der Waals surface area contributed by atoms with Crippen molar-refractivity contribution in [2.45, 2.75) is 30.1 Å². The van der Waals surface area contributed by atoms with Gasteiger partial charge in [0.2, 0.25) is 26.0 Å². The predicted molar refractivity (Wildman–Crippen MR) is 75.5 cm³/mol. The van der Waals surface area contributed by atoms with Gasteiger partial charge in [-0.05, 0) is 19.8 Å². The van der Waals surface area contributed by atoms with Crippen LogP contribution in [0, 0.1) is 6.92 Å². The molecule has 1 aliphatic rings. The molecule has 1 aliphatic carbocycles. The number of amides is 2. The third kappa shape index (κ3) is 4.46. The largest absolute Gasteiger partial charge is 0.352 e. The second kappa shape index (κ2) is 6.06. The van der Waals surface area contributed by atoms with Crippen molar-refractivity contribution < 1.29 is 18.0 Å². The Kier molecular flexibility index (Phi) is 4.57. The predicted octanol–water partition coefficient (Wildman–Crippen LogP) is -0.643. The second-order valence-electron chi connectivity index (χ2n) is 4.94. The first-order valence-electron chi connectivity index (χ1n) is 6.34. The molecule has 10 heteroatoms. The standard InChI is InChI=1S/C11H16N4O4S2/c1-7-13-14-11(20-7)21(18,19)6-10(17)15(2)5-9(16)12-8-3-4-8/h8H,3-6H2,1-2H3,(H,12,16). The number of sulfone groups is 1. The van der Waals surface area contributed by atoms with Gasteiger partial charge in [-0.15, -0.1) is 10.2 Å². The van der Waals surface area contributed by atoms with E-state index in [0.29, 0.717) is 5.01 Å². The fraction of sp³-hybridized carbons (Fsp3) is 0.636. The lowest BCUT2D eigenvalue weighted by molar-refractivity contribution is -0.132. The minimum atomic E-state index is -3.81. The summed E-state index contributed by atoms with van der Waals surface area (Å²) < 4.78 is 23.8. The van der Waals surface area contributed by atoms with Gasteiger partial charge in [-0.25, -0.2) is 8.42 Å². The Morgan fingerprint density at radius 2 is 2.05 bits per heavy atom. The molecule has 21 heavy (non-hydrogen) atoms. The molecule has 1 saturated carbocycles. The summed E-state index contributed by atoms with van der Waals surface area (Å²) in [4.78, 5) is 24.6. The van der Waals surface area contributed by atoms with Crippen molar-refractivity contribution in [1.29, 1.82) is 0 Å². The van der Waals surface area contributed by atoms with E-state index in [0.717, 1.165) is 29.1 Å². The molecule has 8 nitrogen and oxygen atoms in total. The van der Waals surface area contributed by atoms with E-state index in [1.165, 1.54) is 7.05 Å². The quantitative estimate of drug-likeness (QED) is 0.742. The fourth-order valence-corrected chi connectivity index (χ4v) is 3.84. The summed E-state index contributed by atoms with van der Waals surface area (Å²) in [5.41, 5.74) is 0. The highest BCUT2D eigenvalue weighted by Crippen LogP contribution is 2.18. The van der Waals surface area contributed by atoms with Crippen molar-refractivity contribution in [3.05, 3.63) is 5.01 Å². The summed E-state index contributed by atoms with van der Waals surface area (Å²) >= 11 is 0.919. The van der Waals surface area contributed by atoms with Gasteiger partial charge >= 0.3 is 0 Å². The monoisotopic (exact) mass is 332 g/mol. The zero-order valence-corrected chi connectivity index (χ0v) is 13.3. The van der Waals surface area contributed by atoms with Crippen molar-refractivity contribution in [3.63, 3.8) is 0 Å². The van der Waals surface area contributed by atoms with Gasteiger partial charge < -0.3 is 10.2 Å². The van der Waals surface area contributed by atoms with Gasteiger partial charge in [0.25, 0.3) is 0 Å². The Bertz CT molecular complexity index is 651. The van der Waals surface area contributed by atoms with Gasteiger partial charge in [0.15, 0.2) is 0 Å². The van der Waals surface area contributed by atoms with Crippen LogP contribution in [0.3, 0.4) is 0 Å². The van der Waals surface area contributed by atoms with Crippen LogP contribution in [0.15, 0.2) is 4.34 Å². The summed E-state index contributed by atoms with van der Waals surface area (Å²) in [6.07, 6.45) is 1.91. The number of carbonyl (C=O) groups is 2. The van der Waals surface area contributed by atoms with Crippen molar-refractivity contribution in [2.24, 2.45) is 0 Å². The molecule has 2 rings (SSSR count).